The summed E-state index contributed by atoms with van der Waals surface area (Å²) in [6.45, 7) is 4.48. The van der Waals surface area contributed by atoms with Gasteiger partial charge in [-0.15, -0.1) is 0 Å². The Hall–Kier alpha value is -0.790. The van der Waals surface area contributed by atoms with Crippen LogP contribution in [0.25, 0.3) is 0 Å². The summed E-state index contributed by atoms with van der Waals surface area (Å²) in [5.74, 6) is 0. The molecule has 2 heteroatoms. The lowest BCUT2D eigenvalue weighted by atomic mass is 10.2. The van der Waals surface area contributed by atoms with Crippen LogP contribution in [0.1, 0.15) is 25.7 Å². The quantitative estimate of drug-likeness (QED) is 0.420. The highest BCUT2D eigenvalue weighted by Gasteiger charge is 1.92. The van der Waals surface area contributed by atoms with Crippen molar-refractivity contribution in [1.82, 2.24) is 4.90 Å². The minimum atomic E-state index is 0.871. The summed E-state index contributed by atoms with van der Waals surface area (Å²) in [5.41, 5.74) is 0. The van der Waals surface area contributed by atoms with Crippen LogP contribution in [0.2, 0.25) is 0 Å². The zero-order valence-corrected chi connectivity index (χ0v) is 7.83. The average molecular weight is 168 g/mol. The van der Waals surface area contributed by atoms with Crippen molar-refractivity contribution >= 4 is 6.41 Å². The number of hydrogen-bond donors (Lipinski definition) is 0. The molecule has 0 heterocycles. The monoisotopic (exact) mass is 168 g/mol. The molecule has 0 unspecified atom stereocenters. The fraction of sp³-hybridized carbons (Fsp3) is 0.600. The van der Waals surface area contributed by atoms with Gasteiger partial charge < -0.3 is 4.90 Å². The van der Waals surface area contributed by atoms with Gasteiger partial charge in [-0.25, -0.2) is 0 Å². The van der Waals surface area contributed by atoms with Crippen LogP contribution in [-0.4, -0.2) is 24.9 Å². The minimum absolute atomic E-state index is 0.871. The van der Waals surface area contributed by atoms with E-state index in [2.05, 4.69) is 13.0 Å². The summed E-state index contributed by atoms with van der Waals surface area (Å²) < 4.78 is 0. The molecule has 1 amide bonds. The van der Waals surface area contributed by atoms with Crippen LogP contribution in [0.3, 0.4) is 0 Å². The summed E-state index contributed by atoms with van der Waals surface area (Å²) in [4.78, 5) is 11.9. The first-order valence-corrected chi connectivity index (χ1v) is 4.41. The zero-order valence-electron chi connectivity index (χ0n) is 7.83. The van der Waals surface area contributed by atoms with Gasteiger partial charge in [0, 0.05) is 13.6 Å². The molecule has 0 atom stereocenters. The van der Waals surface area contributed by atoms with E-state index in [1.165, 1.54) is 12.8 Å². The first-order chi connectivity index (χ1) is 5.81. The van der Waals surface area contributed by atoms with Gasteiger partial charge >= 0.3 is 0 Å². The second-order valence-electron chi connectivity index (χ2n) is 2.91. The first-order valence-electron chi connectivity index (χ1n) is 4.41. The van der Waals surface area contributed by atoms with Crippen molar-refractivity contribution in [3.63, 3.8) is 0 Å². The number of unbranched alkanes of at least 4 members (excludes halogenated alkanes) is 3. The molecule has 0 aromatic heterocycles. The fourth-order valence-corrected chi connectivity index (χ4v) is 0.971. The van der Waals surface area contributed by atoms with Crippen LogP contribution in [0.4, 0.5) is 0 Å². The normalized spacial score (nSPS) is 10.5. The van der Waals surface area contributed by atoms with Gasteiger partial charge in [0.15, 0.2) is 0 Å². The highest BCUT2D eigenvalue weighted by Crippen LogP contribution is 2.00. The summed E-state index contributed by atoms with van der Waals surface area (Å²) in [6.07, 6.45) is 9.35. The smallest absolute Gasteiger partial charge is 0.209 e. The summed E-state index contributed by atoms with van der Waals surface area (Å²) >= 11 is 0. The van der Waals surface area contributed by atoms with Gasteiger partial charge in [-0.05, 0) is 26.2 Å². The molecule has 0 aromatic rings. The molecule has 0 N–H and O–H groups in total. The standard InChI is InChI=1S/C10H18NO/c1-3-4-5-6-7-8-9-11(2)10-12/h3-4,10H,1,5-9H2,2H3. The summed E-state index contributed by atoms with van der Waals surface area (Å²) in [5, 5.41) is 0. The Morgan fingerprint density at radius 3 is 2.67 bits per heavy atom. The Morgan fingerprint density at radius 2 is 2.08 bits per heavy atom. The Bertz CT molecular complexity index is 132. The van der Waals surface area contributed by atoms with E-state index in [4.69, 9.17) is 0 Å². The lowest BCUT2D eigenvalue weighted by Crippen LogP contribution is -2.16. The molecular formula is C10H18NO. The number of carbonyl (C=O) groups is 1. The Kier molecular flexibility index (Phi) is 7.76. The van der Waals surface area contributed by atoms with Gasteiger partial charge in [0.2, 0.25) is 6.41 Å². The third-order valence-corrected chi connectivity index (χ3v) is 1.73. The van der Waals surface area contributed by atoms with Crippen molar-refractivity contribution in [2.45, 2.75) is 25.7 Å². The van der Waals surface area contributed by atoms with Crippen LogP contribution >= 0.6 is 0 Å². The van der Waals surface area contributed by atoms with Crippen molar-refractivity contribution in [3.8, 4) is 0 Å². The maximum atomic E-state index is 10.2. The highest BCUT2D eigenvalue weighted by molar-refractivity contribution is 5.46. The number of hydrogen-bond acceptors (Lipinski definition) is 1. The lowest BCUT2D eigenvalue weighted by Gasteiger charge is -2.08. The minimum Gasteiger partial charge on any atom is -0.348 e. The van der Waals surface area contributed by atoms with Crippen LogP contribution in [0.15, 0.2) is 12.2 Å². The van der Waals surface area contributed by atoms with E-state index in [0.29, 0.717) is 0 Å². The first kappa shape index (κ1) is 11.2. The molecule has 69 valence electrons. The van der Waals surface area contributed by atoms with Gasteiger partial charge in [0.05, 0.1) is 0 Å². The second kappa shape index (κ2) is 8.31. The third-order valence-electron chi connectivity index (χ3n) is 1.73. The predicted molar refractivity (Wildman–Crippen MR) is 51.7 cm³/mol. The number of nitrogens with zero attached hydrogens (tertiary/aromatic N) is 1. The van der Waals surface area contributed by atoms with Gasteiger partial charge in [0.25, 0.3) is 0 Å². The van der Waals surface area contributed by atoms with E-state index in [1.807, 2.05) is 13.1 Å². The Labute approximate surface area is 75.3 Å². The molecule has 0 bridgehead atoms. The predicted octanol–water partition coefficient (Wildman–Crippen LogP) is 2.03. The van der Waals surface area contributed by atoms with Crippen molar-refractivity contribution in [3.05, 3.63) is 19.1 Å². The maximum absolute atomic E-state index is 10.2. The molecule has 0 rings (SSSR count). The second-order valence-corrected chi connectivity index (χ2v) is 2.91. The Balaban J connectivity index is 3.05. The van der Waals surface area contributed by atoms with Crippen LogP contribution in [-0.2, 0) is 4.79 Å². The molecule has 0 fully saturated rings. The van der Waals surface area contributed by atoms with E-state index in [-0.39, 0.29) is 0 Å². The maximum Gasteiger partial charge on any atom is 0.209 e. The number of allylic oxidation sites excluding steroid dienone is 2. The van der Waals surface area contributed by atoms with Crippen LogP contribution < -0.4 is 0 Å². The van der Waals surface area contributed by atoms with Gasteiger partial charge in [-0.1, -0.05) is 18.6 Å². The van der Waals surface area contributed by atoms with Gasteiger partial charge in [0.1, 0.15) is 0 Å². The van der Waals surface area contributed by atoms with Gasteiger partial charge in [-0.2, -0.15) is 0 Å². The van der Waals surface area contributed by atoms with Crippen molar-refractivity contribution in [1.29, 1.82) is 0 Å². The topological polar surface area (TPSA) is 20.3 Å². The third kappa shape index (κ3) is 7.32. The molecular weight excluding hydrogens is 150 g/mol. The molecule has 0 aliphatic heterocycles. The molecule has 0 spiro atoms. The van der Waals surface area contributed by atoms with E-state index in [9.17, 15) is 4.79 Å². The van der Waals surface area contributed by atoms with E-state index in [1.54, 1.807) is 4.90 Å². The molecule has 0 aliphatic carbocycles. The van der Waals surface area contributed by atoms with E-state index < -0.39 is 0 Å². The van der Waals surface area contributed by atoms with Crippen molar-refractivity contribution in [2.24, 2.45) is 0 Å². The summed E-state index contributed by atoms with van der Waals surface area (Å²) in [7, 11) is 1.81. The SMILES string of the molecule is [CH2]C=CCCCCCN(C)C=O. The molecule has 0 saturated heterocycles. The molecule has 0 saturated carbocycles. The zero-order chi connectivity index (χ0) is 9.23. The molecule has 0 aromatic carbocycles. The van der Waals surface area contributed by atoms with Crippen LogP contribution in [0.5, 0.6) is 0 Å². The average Bonchev–Trinajstić information content (AvgIpc) is 2.10. The molecule has 0 aliphatic rings. The van der Waals surface area contributed by atoms with E-state index >= 15 is 0 Å². The Morgan fingerprint density at radius 1 is 1.33 bits per heavy atom. The lowest BCUT2D eigenvalue weighted by molar-refractivity contribution is -0.117. The van der Waals surface area contributed by atoms with Crippen molar-refractivity contribution in [2.75, 3.05) is 13.6 Å². The highest BCUT2D eigenvalue weighted by atomic mass is 16.1. The number of amides is 1. The molecule has 12 heavy (non-hydrogen) atoms. The fourth-order valence-electron chi connectivity index (χ4n) is 0.971. The molecule has 1 radical (unpaired) electrons. The number of rotatable bonds is 7. The van der Waals surface area contributed by atoms with Gasteiger partial charge in [-0.3, -0.25) is 4.79 Å². The van der Waals surface area contributed by atoms with E-state index in [0.717, 1.165) is 25.8 Å². The summed E-state index contributed by atoms with van der Waals surface area (Å²) in [6, 6.07) is 0. The number of carbonyl (C=O) groups excluding carboxylic acids is 1. The largest absolute Gasteiger partial charge is 0.348 e. The van der Waals surface area contributed by atoms with Crippen LogP contribution in [0, 0.1) is 6.92 Å². The molecule has 2 nitrogen and oxygen atoms in total. The van der Waals surface area contributed by atoms with Crippen molar-refractivity contribution < 1.29 is 4.79 Å².